The van der Waals surface area contributed by atoms with Crippen LogP contribution in [0, 0.1) is 11.6 Å². The van der Waals surface area contributed by atoms with Crippen LogP contribution in [-0.2, 0) is 13.0 Å². The quantitative estimate of drug-likeness (QED) is 0.879. The largest absolute Gasteiger partial charge is 0.371 e. The molecule has 6 heteroatoms. The predicted octanol–water partition coefficient (Wildman–Crippen LogP) is 3.64. The molecule has 2 aromatic heterocycles. The summed E-state index contributed by atoms with van der Waals surface area (Å²) in [6, 6.07) is 4.87. The number of pyridine rings is 1. The molecule has 2 N–H and O–H groups in total. The fraction of sp³-hybridized carbons (Fsp3) is 0.308. The van der Waals surface area contributed by atoms with Gasteiger partial charge in [-0.15, -0.1) is 11.3 Å². The molecule has 0 spiro atoms. The van der Waals surface area contributed by atoms with Crippen molar-refractivity contribution in [3.8, 4) is 0 Å². The van der Waals surface area contributed by atoms with Crippen molar-refractivity contribution in [3.05, 3.63) is 39.6 Å². The van der Waals surface area contributed by atoms with Crippen LogP contribution in [0.25, 0.3) is 0 Å². The van der Waals surface area contributed by atoms with Gasteiger partial charge in [-0.3, -0.25) is 0 Å². The zero-order chi connectivity index (χ0) is 13.8. The Morgan fingerprint density at radius 2 is 1.84 bits per heavy atom. The summed E-state index contributed by atoms with van der Waals surface area (Å²) in [5, 5.41) is 5.47. The van der Waals surface area contributed by atoms with Crippen molar-refractivity contribution in [2.24, 2.45) is 0 Å². The molecule has 0 unspecified atom stereocenters. The second-order valence-electron chi connectivity index (χ2n) is 3.97. The molecular weight excluding hydrogens is 268 g/mol. The summed E-state index contributed by atoms with van der Waals surface area (Å²) in [4.78, 5) is 6.23. The average molecular weight is 283 g/mol. The van der Waals surface area contributed by atoms with Gasteiger partial charge in [0.25, 0.3) is 0 Å². The minimum atomic E-state index is -0.699. The number of rotatable bonds is 5. The van der Waals surface area contributed by atoms with E-state index in [1.807, 2.05) is 6.07 Å². The molecule has 3 nitrogen and oxygen atoms in total. The number of hydrogen-bond acceptors (Lipinski definition) is 4. The number of nitrogens with one attached hydrogen (secondary N) is 2. The maximum Gasteiger partial charge on any atom is 0.168 e. The number of hydrogen-bond donors (Lipinski definition) is 2. The van der Waals surface area contributed by atoms with Crippen LogP contribution in [0.2, 0.25) is 0 Å². The lowest BCUT2D eigenvalue weighted by Gasteiger charge is -2.08. The van der Waals surface area contributed by atoms with E-state index in [2.05, 4.69) is 28.6 Å². The summed E-state index contributed by atoms with van der Waals surface area (Å²) in [5.41, 5.74) is 0. The lowest BCUT2D eigenvalue weighted by Crippen LogP contribution is -2.06. The monoisotopic (exact) mass is 283 g/mol. The first kappa shape index (κ1) is 13.7. The lowest BCUT2D eigenvalue weighted by atomic mass is 10.3. The van der Waals surface area contributed by atoms with Gasteiger partial charge in [0.1, 0.15) is 0 Å². The number of thiophene rings is 1. The number of aromatic nitrogens is 1. The van der Waals surface area contributed by atoms with Crippen LogP contribution in [-0.4, -0.2) is 12.0 Å². The zero-order valence-corrected chi connectivity index (χ0v) is 11.6. The molecule has 102 valence electrons. The van der Waals surface area contributed by atoms with E-state index in [1.165, 1.54) is 4.88 Å². The molecule has 0 aromatic carbocycles. The Morgan fingerprint density at radius 3 is 2.47 bits per heavy atom. The van der Waals surface area contributed by atoms with Gasteiger partial charge < -0.3 is 10.6 Å². The van der Waals surface area contributed by atoms with Crippen molar-refractivity contribution < 1.29 is 8.78 Å². The summed E-state index contributed by atoms with van der Waals surface area (Å²) in [6.45, 7) is 2.56. The highest BCUT2D eigenvalue weighted by molar-refractivity contribution is 7.12. The van der Waals surface area contributed by atoms with Gasteiger partial charge in [0.05, 0.1) is 6.54 Å². The Bertz CT molecular complexity index is 569. The summed E-state index contributed by atoms with van der Waals surface area (Å²) in [7, 11) is 1.54. The highest BCUT2D eigenvalue weighted by Gasteiger charge is 2.10. The van der Waals surface area contributed by atoms with Crippen LogP contribution in [0.3, 0.4) is 0 Å². The van der Waals surface area contributed by atoms with E-state index in [4.69, 9.17) is 0 Å². The topological polar surface area (TPSA) is 37.0 Å². The smallest absolute Gasteiger partial charge is 0.168 e. The highest BCUT2D eigenvalue weighted by Crippen LogP contribution is 2.21. The van der Waals surface area contributed by atoms with Gasteiger partial charge in [0.15, 0.2) is 23.3 Å². The molecule has 0 fully saturated rings. The van der Waals surface area contributed by atoms with Crippen molar-refractivity contribution in [2.75, 3.05) is 17.7 Å². The van der Waals surface area contributed by atoms with Gasteiger partial charge >= 0.3 is 0 Å². The summed E-state index contributed by atoms with van der Waals surface area (Å²) < 4.78 is 26.8. The second-order valence-corrected chi connectivity index (χ2v) is 5.23. The molecule has 0 aliphatic rings. The van der Waals surface area contributed by atoms with Crippen LogP contribution >= 0.6 is 11.3 Å². The molecule has 2 heterocycles. The van der Waals surface area contributed by atoms with Crippen LogP contribution in [0.5, 0.6) is 0 Å². The molecule has 0 radical (unpaired) electrons. The van der Waals surface area contributed by atoms with E-state index in [-0.39, 0.29) is 11.6 Å². The Kier molecular flexibility index (Phi) is 4.31. The Morgan fingerprint density at radius 1 is 1.16 bits per heavy atom. The highest BCUT2D eigenvalue weighted by atomic mass is 32.1. The first-order valence-electron chi connectivity index (χ1n) is 5.99. The minimum absolute atomic E-state index is 0.0318. The minimum Gasteiger partial charge on any atom is -0.371 e. The van der Waals surface area contributed by atoms with Crippen molar-refractivity contribution in [3.63, 3.8) is 0 Å². The third-order valence-electron chi connectivity index (χ3n) is 2.66. The van der Waals surface area contributed by atoms with E-state index in [0.717, 1.165) is 17.4 Å². The summed E-state index contributed by atoms with van der Waals surface area (Å²) in [6.07, 6.45) is 0.984. The second kappa shape index (κ2) is 5.97. The number of anilines is 2. The van der Waals surface area contributed by atoms with E-state index < -0.39 is 11.6 Å². The lowest BCUT2D eigenvalue weighted by molar-refractivity contribution is 0.579. The van der Waals surface area contributed by atoms with Gasteiger partial charge in [0, 0.05) is 22.9 Å². The third-order valence-corrected chi connectivity index (χ3v) is 3.89. The molecule has 0 aliphatic carbocycles. The number of aryl methyl sites for hydroxylation is 1. The average Bonchev–Trinajstić information content (AvgIpc) is 2.86. The van der Waals surface area contributed by atoms with E-state index in [0.29, 0.717) is 6.54 Å². The fourth-order valence-corrected chi connectivity index (χ4v) is 2.54. The molecule has 0 bridgehead atoms. The van der Waals surface area contributed by atoms with Crippen molar-refractivity contribution in [1.29, 1.82) is 0 Å². The normalized spacial score (nSPS) is 10.5. The van der Waals surface area contributed by atoms with E-state index >= 15 is 0 Å². The van der Waals surface area contributed by atoms with Gasteiger partial charge in [-0.2, -0.15) is 0 Å². The fourth-order valence-electron chi connectivity index (χ4n) is 1.64. The molecule has 0 aliphatic heterocycles. The zero-order valence-electron chi connectivity index (χ0n) is 10.8. The summed E-state index contributed by atoms with van der Waals surface area (Å²) >= 11 is 1.67. The van der Waals surface area contributed by atoms with Gasteiger partial charge in [-0.25, -0.2) is 13.8 Å². The predicted molar refractivity (Wildman–Crippen MR) is 74.7 cm³/mol. The number of halogens is 2. The van der Waals surface area contributed by atoms with Crippen LogP contribution in [0.1, 0.15) is 16.7 Å². The Labute approximate surface area is 114 Å². The maximum absolute atomic E-state index is 13.6. The van der Waals surface area contributed by atoms with Gasteiger partial charge in [0.2, 0.25) is 0 Å². The SMILES string of the molecule is CCc1ccc(CNc2nc(NC)c(F)cc2F)s1. The van der Waals surface area contributed by atoms with Crippen molar-refractivity contribution >= 4 is 23.0 Å². The molecule has 0 saturated carbocycles. The third kappa shape index (κ3) is 3.20. The van der Waals surface area contributed by atoms with Crippen LogP contribution in [0.15, 0.2) is 18.2 Å². The molecule has 0 saturated heterocycles. The summed E-state index contributed by atoms with van der Waals surface area (Å²) in [5.74, 6) is -1.31. The maximum atomic E-state index is 13.6. The molecular formula is C13H15F2N3S. The van der Waals surface area contributed by atoms with Crippen molar-refractivity contribution in [2.45, 2.75) is 19.9 Å². The molecule has 0 atom stereocenters. The van der Waals surface area contributed by atoms with Crippen molar-refractivity contribution in [1.82, 2.24) is 4.98 Å². The van der Waals surface area contributed by atoms with Crippen LogP contribution < -0.4 is 10.6 Å². The van der Waals surface area contributed by atoms with Crippen LogP contribution in [0.4, 0.5) is 20.4 Å². The molecule has 0 amide bonds. The molecule has 2 rings (SSSR count). The Hall–Kier alpha value is -1.69. The van der Waals surface area contributed by atoms with E-state index in [9.17, 15) is 8.78 Å². The number of nitrogens with zero attached hydrogens (tertiary/aromatic N) is 1. The molecule has 19 heavy (non-hydrogen) atoms. The molecule has 2 aromatic rings. The van der Waals surface area contributed by atoms with E-state index in [1.54, 1.807) is 18.4 Å². The Balaban J connectivity index is 2.10. The first-order chi connectivity index (χ1) is 9.13. The first-order valence-corrected chi connectivity index (χ1v) is 6.81. The van der Waals surface area contributed by atoms with Gasteiger partial charge in [-0.1, -0.05) is 6.92 Å². The van der Waals surface area contributed by atoms with Gasteiger partial charge in [-0.05, 0) is 18.6 Å². The standard InChI is InChI=1S/C13H15F2N3S/c1-3-8-4-5-9(19-8)7-17-13-11(15)6-10(14)12(16-2)18-13/h4-6H,3,7H2,1-2H3,(H2,16,17,18).